The van der Waals surface area contributed by atoms with Crippen molar-refractivity contribution in [2.24, 2.45) is 5.92 Å². The van der Waals surface area contributed by atoms with Crippen LogP contribution in [-0.2, 0) is 19.2 Å². The first-order valence-corrected chi connectivity index (χ1v) is 14.0. The zero-order chi connectivity index (χ0) is 27.7. The number of nitrogens with one attached hydrogen (secondary N) is 4. The van der Waals surface area contributed by atoms with Crippen LogP contribution in [0.3, 0.4) is 0 Å². The topological polar surface area (TPSA) is 133 Å². The van der Waals surface area contributed by atoms with E-state index in [0.29, 0.717) is 18.4 Å². The van der Waals surface area contributed by atoms with E-state index in [1.807, 2.05) is 6.07 Å². The molecule has 0 bridgehead atoms. The second-order valence-corrected chi connectivity index (χ2v) is 11.1. The number of amides is 4. The highest BCUT2D eigenvalue weighted by Crippen LogP contribution is 2.29. The first kappa shape index (κ1) is 29.3. The molecule has 2 aliphatic rings. The van der Waals surface area contributed by atoms with E-state index in [0.717, 1.165) is 51.4 Å². The summed E-state index contributed by atoms with van der Waals surface area (Å²) in [5, 5.41) is 11.2. The maximum atomic E-state index is 13.4. The lowest BCUT2D eigenvalue weighted by Crippen LogP contribution is -2.63. The van der Waals surface area contributed by atoms with Crippen LogP contribution in [0.4, 0.5) is 0 Å². The van der Waals surface area contributed by atoms with Crippen LogP contribution in [0, 0.1) is 5.92 Å². The lowest BCUT2D eigenvalue weighted by Gasteiger charge is -2.37. The smallest absolute Gasteiger partial charge is 0.289 e. The Labute approximate surface area is 225 Å². The summed E-state index contributed by atoms with van der Waals surface area (Å²) >= 11 is 0. The van der Waals surface area contributed by atoms with Gasteiger partial charge in [0.25, 0.3) is 11.8 Å². The molecule has 2 atom stereocenters. The van der Waals surface area contributed by atoms with E-state index >= 15 is 0 Å². The largest absolute Gasteiger partial charge is 0.347 e. The number of benzene rings is 1. The molecule has 9 heteroatoms. The van der Waals surface area contributed by atoms with Gasteiger partial charge in [0, 0.05) is 11.6 Å². The fourth-order valence-electron chi connectivity index (χ4n) is 5.30. The lowest BCUT2D eigenvalue weighted by atomic mass is 9.80. The van der Waals surface area contributed by atoms with Crippen LogP contribution in [-0.4, -0.2) is 53.1 Å². The molecule has 0 spiro atoms. The molecule has 1 aromatic carbocycles. The fourth-order valence-corrected chi connectivity index (χ4v) is 5.30. The number of ketones is 1. The zero-order valence-electron chi connectivity index (χ0n) is 22.8. The molecule has 9 nitrogen and oxygen atoms in total. The molecular formula is C29H42N4O5. The summed E-state index contributed by atoms with van der Waals surface area (Å²) in [5.74, 6) is -3.01. The maximum Gasteiger partial charge on any atom is 0.289 e. The predicted molar refractivity (Wildman–Crippen MR) is 144 cm³/mol. The lowest BCUT2D eigenvalue weighted by molar-refractivity contribution is -0.141. The molecule has 0 saturated heterocycles. The fraction of sp³-hybridized carbons (Fsp3) is 0.621. The van der Waals surface area contributed by atoms with Crippen LogP contribution in [0.15, 0.2) is 30.3 Å². The Morgan fingerprint density at radius 1 is 0.816 bits per heavy atom. The van der Waals surface area contributed by atoms with Crippen molar-refractivity contribution in [3.8, 4) is 0 Å². The quantitative estimate of drug-likeness (QED) is 0.348. The number of hydrogen-bond acceptors (Lipinski definition) is 5. The van der Waals surface area contributed by atoms with Crippen LogP contribution in [0.5, 0.6) is 0 Å². The van der Waals surface area contributed by atoms with Crippen LogP contribution in [0.25, 0.3) is 0 Å². The van der Waals surface area contributed by atoms with Crippen LogP contribution in [0.2, 0.25) is 0 Å². The van der Waals surface area contributed by atoms with E-state index in [1.54, 1.807) is 38.1 Å². The third kappa shape index (κ3) is 7.65. The Balaban J connectivity index is 1.63. The minimum atomic E-state index is -1.12. The first-order valence-electron chi connectivity index (χ1n) is 14.0. The second kappa shape index (κ2) is 13.5. The summed E-state index contributed by atoms with van der Waals surface area (Å²) in [4.78, 5) is 65.0. The molecule has 2 aliphatic carbocycles. The highest BCUT2D eigenvalue weighted by atomic mass is 16.2. The van der Waals surface area contributed by atoms with Crippen molar-refractivity contribution in [2.75, 3.05) is 0 Å². The van der Waals surface area contributed by atoms with Gasteiger partial charge >= 0.3 is 0 Å². The number of hydrogen-bond donors (Lipinski definition) is 4. The monoisotopic (exact) mass is 526 g/mol. The molecule has 0 heterocycles. The molecule has 208 valence electrons. The van der Waals surface area contributed by atoms with E-state index in [-0.39, 0.29) is 17.9 Å². The molecule has 3 rings (SSSR count). The number of carbonyl (C=O) groups is 5. The molecule has 1 aromatic rings. The number of Topliss-reactive ketones (excluding diaryl/α,β-unsaturated/α-hetero) is 1. The van der Waals surface area contributed by atoms with Gasteiger partial charge in [-0.05, 0) is 50.7 Å². The summed E-state index contributed by atoms with van der Waals surface area (Å²) in [5.41, 5.74) is -0.659. The average molecular weight is 527 g/mol. The summed E-state index contributed by atoms with van der Waals surface area (Å²) in [6.45, 7) is 5.05. The van der Waals surface area contributed by atoms with Gasteiger partial charge in [-0.15, -0.1) is 0 Å². The van der Waals surface area contributed by atoms with E-state index in [1.165, 1.54) is 6.92 Å². The van der Waals surface area contributed by atoms with Crippen LogP contribution >= 0.6 is 0 Å². The van der Waals surface area contributed by atoms with E-state index in [4.69, 9.17) is 0 Å². The number of carbonyl (C=O) groups excluding carboxylic acids is 5. The molecule has 38 heavy (non-hydrogen) atoms. The van der Waals surface area contributed by atoms with E-state index in [9.17, 15) is 24.0 Å². The van der Waals surface area contributed by atoms with Crippen molar-refractivity contribution >= 4 is 29.4 Å². The van der Waals surface area contributed by atoms with Gasteiger partial charge in [-0.1, -0.05) is 70.6 Å². The third-order valence-electron chi connectivity index (χ3n) is 7.68. The number of rotatable bonds is 10. The Morgan fingerprint density at radius 2 is 1.42 bits per heavy atom. The zero-order valence-corrected chi connectivity index (χ0v) is 22.8. The maximum absolute atomic E-state index is 13.4. The molecule has 0 aromatic heterocycles. The normalized spacial score (nSPS) is 19.1. The minimum absolute atomic E-state index is 0.0142. The predicted octanol–water partition coefficient (Wildman–Crippen LogP) is 2.78. The summed E-state index contributed by atoms with van der Waals surface area (Å²) in [7, 11) is 0. The molecule has 0 radical (unpaired) electrons. The van der Waals surface area contributed by atoms with Crippen molar-refractivity contribution < 1.29 is 24.0 Å². The Kier molecular flexibility index (Phi) is 10.4. The van der Waals surface area contributed by atoms with Gasteiger partial charge in [0.05, 0.1) is 6.04 Å². The third-order valence-corrected chi connectivity index (χ3v) is 7.68. The Bertz CT molecular complexity index is 997. The molecule has 2 unspecified atom stereocenters. The van der Waals surface area contributed by atoms with Gasteiger partial charge in [0.1, 0.15) is 11.6 Å². The van der Waals surface area contributed by atoms with Crippen LogP contribution < -0.4 is 21.3 Å². The molecule has 2 fully saturated rings. The average Bonchev–Trinajstić information content (AvgIpc) is 2.92. The SMILES string of the molecule is CC(NC(=O)C1(NC(=O)c2ccccc2)CCCCC1)C(=O)NC(C(=O)C(=O)NC1CCCCC1)C(C)C. The molecule has 4 N–H and O–H groups in total. The Hall–Kier alpha value is -3.23. The second-order valence-electron chi connectivity index (χ2n) is 11.1. The van der Waals surface area contributed by atoms with Crippen molar-refractivity contribution in [3.05, 3.63) is 35.9 Å². The van der Waals surface area contributed by atoms with Gasteiger partial charge in [-0.2, -0.15) is 0 Å². The molecule has 2 saturated carbocycles. The van der Waals surface area contributed by atoms with Crippen molar-refractivity contribution in [1.29, 1.82) is 0 Å². The first-order chi connectivity index (χ1) is 18.1. The van der Waals surface area contributed by atoms with Gasteiger partial charge in [-0.3, -0.25) is 24.0 Å². The van der Waals surface area contributed by atoms with Gasteiger partial charge in [0.2, 0.25) is 17.6 Å². The van der Waals surface area contributed by atoms with Crippen molar-refractivity contribution in [1.82, 2.24) is 21.3 Å². The van der Waals surface area contributed by atoms with Crippen molar-refractivity contribution in [2.45, 2.75) is 109 Å². The standard InChI is InChI=1S/C29H42N4O5/c1-19(2)23(24(34)27(37)31-22-15-9-5-10-16-22)32-25(35)20(3)30-28(38)29(17-11-6-12-18-29)33-26(36)21-13-7-4-8-14-21/h4,7-8,13-14,19-20,22-23H,5-6,9-12,15-18H2,1-3H3,(H,30,38)(H,31,37)(H,32,35)(H,33,36). The van der Waals surface area contributed by atoms with Crippen LogP contribution in [0.1, 0.15) is 95.3 Å². The van der Waals surface area contributed by atoms with Gasteiger partial charge in [0.15, 0.2) is 0 Å². The van der Waals surface area contributed by atoms with E-state index in [2.05, 4.69) is 21.3 Å². The minimum Gasteiger partial charge on any atom is -0.347 e. The summed E-state index contributed by atoms with van der Waals surface area (Å²) in [6.07, 6.45) is 8.35. The molecule has 4 amide bonds. The van der Waals surface area contributed by atoms with Gasteiger partial charge in [-0.25, -0.2) is 0 Å². The van der Waals surface area contributed by atoms with E-state index < -0.39 is 41.1 Å². The molecule has 0 aliphatic heterocycles. The molecular weight excluding hydrogens is 484 g/mol. The summed E-state index contributed by atoms with van der Waals surface area (Å²) in [6, 6.07) is 6.72. The Morgan fingerprint density at radius 3 is 2.03 bits per heavy atom. The van der Waals surface area contributed by atoms with Crippen molar-refractivity contribution in [3.63, 3.8) is 0 Å². The summed E-state index contributed by atoms with van der Waals surface area (Å²) < 4.78 is 0. The highest BCUT2D eigenvalue weighted by Gasteiger charge is 2.42. The highest BCUT2D eigenvalue weighted by molar-refractivity contribution is 6.38. The van der Waals surface area contributed by atoms with Gasteiger partial charge < -0.3 is 21.3 Å².